The van der Waals surface area contributed by atoms with Crippen molar-refractivity contribution >= 4 is 11.3 Å². The second-order valence-corrected chi connectivity index (χ2v) is 3.15. The summed E-state index contributed by atoms with van der Waals surface area (Å²) in [6.45, 7) is 0. The van der Waals surface area contributed by atoms with Gasteiger partial charge in [-0.15, -0.1) is 11.3 Å². The van der Waals surface area contributed by atoms with Crippen LogP contribution in [0.2, 0.25) is 0 Å². The van der Waals surface area contributed by atoms with E-state index in [1.54, 1.807) is 11.4 Å². The van der Waals surface area contributed by atoms with Gasteiger partial charge in [-0.1, -0.05) is 12.1 Å². The molecular formula is C9H5FNS. The van der Waals surface area contributed by atoms with Crippen LogP contribution in [0.4, 0.5) is 4.39 Å². The van der Waals surface area contributed by atoms with E-state index >= 15 is 0 Å². The van der Waals surface area contributed by atoms with Gasteiger partial charge in [0.15, 0.2) is 0 Å². The Morgan fingerprint density at radius 1 is 1.42 bits per heavy atom. The summed E-state index contributed by atoms with van der Waals surface area (Å²) in [5, 5.41) is 2.55. The van der Waals surface area contributed by atoms with Crippen LogP contribution in [-0.4, -0.2) is 4.98 Å². The highest BCUT2D eigenvalue weighted by atomic mass is 32.1. The molecule has 1 nitrogen and oxygen atoms in total. The van der Waals surface area contributed by atoms with Crippen LogP contribution in [0.3, 0.4) is 0 Å². The van der Waals surface area contributed by atoms with Crippen LogP contribution < -0.4 is 0 Å². The van der Waals surface area contributed by atoms with Crippen LogP contribution in [0.25, 0.3) is 10.6 Å². The van der Waals surface area contributed by atoms with E-state index in [0.717, 1.165) is 10.6 Å². The third kappa shape index (κ3) is 1.36. The molecule has 0 aliphatic heterocycles. The van der Waals surface area contributed by atoms with E-state index in [-0.39, 0.29) is 5.82 Å². The molecule has 0 fully saturated rings. The van der Waals surface area contributed by atoms with Gasteiger partial charge in [-0.05, 0) is 12.1 Å². The first-order valence-corrected chi connectivity index (χ1v) is 4.32. The topological polar surface area (TPSA) is 12.9 Å². The summed E-state index contributed by atoms with van der Waals surface area (Å²) < 4.78 is 12.7. The number of nitrogens with zero attached hydrogens (tertiary/aromatic N) is 1. The van der Waals surface area contributed by atoms with E-state index in [9.17, 15) is 4.39 Å². The summed E-state index contributed by atoms with van der Waals surface area (Å²) in [7, 11) is 0. The number of rotatable bonds is 1. The minimum Gasteiger partial charge on any atom is -0.234 e. The molecule has 0 spiro atoms. The molecule has 0 atom stereocenters. The minimum absolute atomic E-state index is 0.234. The second kappa shape index (κ2) is 3.03. The molecule has 3 heteroatoms. The van der Waals surface area contributed by atoms with Crippen molar-refractivity contribution in [1.29, 1.82) is 0 Å². The SMILES string of the molecule is Fc1cccc(-c2n[c]cs2)c1. The zero-order valence-corrected chi connectivity index (χ0v) is 6.94. The van der Waals surface area contributed by atoms with Gasteiger partial charge >= 0.3 is 0 Å². The lowest BCUT2D eigenvalue weighted by molar-refractivity contribution is 0.628. The molecule has 0 saturated heterocycles. The number of benzene rings is 1. The maximum Gasteiger partial charge on any atom is 0.124 e. The predicted octanol–water partition coefficient (Wildman–Crippen LogP) is 2.75. The van der Waals surface area contributed by atoms with Gasteiger partial charge in [-0.25, -0.2) is 9.37 Å². The molecule has 0 bridgehead atoms. The van der Waals surface area contributed by atoms with Crippen molar-refractivity contribution in [3.63, 3.8) is 0 Å². The Morgan fingerprint density at radius 2 is 2.33 bits per heavy atom. The summed E-state index contributed by atoms with van der Waals surface area (Å²) in [4.78, 5) is 3.95. The lowest BCUT2D eigenvalue weighted by Crippen LogP contribution is -1.77. The molecule has 12 heavy (non-hydrogen) atoms. The number of halogens is 1. The van der Waals surface area contributed by atoms with E-state index < -0.39 is 0 Å². The van der Waals surface area contributed by atoms with E-state index in [2.05, 4.69) is 11.2 Å². The quantitative estimate of drug-likeness (QED) is 0.654. The third-order valence-corrected chi connectivity index (χ3v) is 2.23. The molecule has 59 valence electrons. The van der Waals surface area contributed by atoms with Crippen LogP contribution in [0, 0.1) is 12.0 Å². The van der Waals surface area contributed by atoms with Gasteiger partial charge in [0.1, 0.15) is 17.0 Å². The van der Waals surface area contributed by atoms with Crippen molar-refractivity contribution in [3.05, 3.63) is 41.7 Å². The van der Waals surface area contributed by atoms with Gasteiger partial charge in [0, 0.05) is 10.9 Å². The molecule has 1 heterocycles. The summed E-state index contributed by atoms with van der Waals surface area (Å²) in [5.74, 6) is -0.234. The third-order valence-electron chi connectivity index (χ3n) is 1.46. The number of aromatic nitrogens is 1. The standard InChI is InChI=1S/C9H5FNS/c10-8-3-1-2-7(6-8)9-11-4-5-12-9/h1-3,5-6H. The predicted molar refractivity (Wildman–Crippen MR) is 46.3 cm³/mol. The highest BCUT2D eigenvalue weighted by molar-refractivity contribution is 7.13. The number of hydrogen-bond donors (Lipinski definition) is 0. The van der Waals surface area contributed by atoms with Gasteiger partial charge in [0.25, 0.3) is 0 Å². The molecule has 1 aromatic carbocycles. The van der Waals surface area contributed by atoms with Crippen molar-refractivity contribution < 1.29 is 4.39 Å². The first-order chi connectivity index (χ1) is 5.86. The molecule has 0 unspecified atom stereocenters. The lowest BCUT2D eigenvalue weighted by atomic mass is 10.2. The first kappa shape index (κ1) is 7.43. The smallest absolute Gasteiger partial charge is 0.124 e. The van der Waals surface area contributed by atoms with E-state index in [1.807, 2.05) is 6.07 Å². The Bertz CT molecular complexity index is 370. The normalized spacial score (nSPS) is 10.1. The van der Waals surface area contributed by atoms with Crippen LogP contribution in [0.5, 0.6) is 0 Å². The summed E-state index contributed by atoms with van der Waals surface area (Å²) >= 11 is 1.45. The largest absolute Gasteiger partial charge is 0.234 e. The Morgan fingerprint density at radius 3 is 3.00 bits per heavy atom. The highest BCUT2D eigenvalue weighted by Crippen LogP contribution is 2.21. The van der Waals surface area contributed by atoms with Gasteiger partial charge in [0.2, 0.25) is 0 Å². The second-order valence-electron chi connectivity index (χ2n) is 2.29. The first-order valence-electron chi connectivity index (χ1n) is 3.44. The maximum absolute atomic E-state index is 12.7. The Kier molecular flexibility index (Phi) is 1.87. The van der Waals surface area contributed by atoms with Crippen LogP contribution in [0.1, 0.15) is 0 Å². The fourth-order valence-electron chi connectivity index (χ4n) is 0.948. The zero-order valence-electron chi connectivity index (χ0n) is 6.12. The zero-order chi connectivity index (χ0) is 8.39. The molecule has 2 aromatic rings. The van der Waals surface area contributed by atoms with Gasteiger partial charge < -0.3 is 0 Å². The molecular weight excluding hydrogens is 173 g/mol. The molecule has 1 radical (unpaired) electrons. The van der Waals surface area contributed by atoms with Crippen molar-refractivity contribution in [1.82, 2.24) is 4.98 Å². The summed E-state index contributed by atoms with van der Waals surface area (Å²) in [5.41, 5.74) is 0.807. The van der Waals surface area contributed by atoms with Crippen LogP contribution in [-0.2, 0) is 0 Å². The molecule has 2 rings (SSSR count). The average Bonchev–Trinajstić information content (AvgIpc) is 2.56. The van der Waals surface area contributed by atoms with Crippen LogP contribution >= 0.6 is 11.3 Å². The average molecular weight is 178 g/mol. The van der Waals surface area contributed by atoms with Crippen molar-refractivity contribution in [2.24, 2.45) is 0 Å². The monoisotopic (exact) mass is 178 g/mol. The minimum atomic E-state index is -0.234. The Labute approximate surface area is 73.5 Å². The van der Waals surface area contributed by atoms with Crippen LogP contribution in [0.15, 0.2) is 29.6 Å². The number of thiazole rings is 1. The molecule has 0 N–H and O–H groups in total. The van der Waals surface area contributed by atoms with E-state index in [0.29, 0.717) is 0 Å². The molecule has 0 aliphatic carbocycles. The summed E-state index contributed by atoms with van der Waals surface area (Å²) in [6, 6.07) is 6.38. The number of hydrogen-bond acceptors (Lipinski definition) is 2. The van der Waals surface area contributed by atoms with Crippen molar-refractivity contribution in [3.8, 4) is 10.6 Å². The van der Waals surface area contributed by atoms with Gasteiger partial charge in [0.05, 0.1) is 0 Å². The van der Waals surface area contributed by atoms with E-state index in [4.69, 9.17) is 0 Å². The van der Waals surface area contributed by atoms with Gasteiger partial charge in [-0.2, -0.15) is 0 Å². The molecule has 0 aliphatic rings. The molecule has 0 amide bonds. The lowest BCUT2D eigenvalue weighted by Gasteiger charge is -1.94. The van der Waals surface area contributed by atoms with Crippen molar-refractivity contribution in [2.45, 2.75) is 0 Å². The maximum atomic E-state index is 12.7. The van der Waals surface area contributed by atoms with E-state index in [1.165, 1.54) is 23.5 Å². The van der Waals surface area contributed by atoms with Gasteiger partial charge in [-0.3, -0.25) is 0 Å². The summed E-state index contributed by atoms with van der Waals surface area (Å²) in [6.07, 6.45) is 2.69. The fourth-order valence-corrected chi connectivity index (χ4v) is 1.53. The Hall–Kier alpha value is -1.22. The van der Waals surface area contributed by atoms with Crippen molar-refractivity contribution in [2.75, 3.05) is 0 Å². The molecule has 1 aromatic heterocycles. The fraction of sp³-hybridized carbons (Fsp3) is 0. The highest BCUT2D eigenvalue weighted by Gasteiger charge is 2.00. The Balaban J connectivity index is 2.48. The molecule has 0 saturated carbocycles.